The number of hydrogen-bond donors (Lipinski definition) is 2. The first-order valence-electron chi connectivity index (χ1n) is 11.2. The molecule has 2 aromatic rings. The molecular formula is C25H35ClF8N2O3S. The van der Waals surface area contributed by atoms with Crippen LogP contribution in [0.25, 0.3) is 0 Å². The number of hydrogen-bond acceptors (Lipinski definition) is 4. The first-order chi connectivity index (χ1) is 17.6. The quantitative estimate of drug-likeness (QED) is 0.233. The Bertz CT molecular complexity index is 1000. The van der Waals surface area contributed by atoms with Crippen LogP contribution in [0.3, 0.4) is 0 Å². The molecule has 0 heterocycles. The summed E-state index contributed by atoms with van der Waals surface area (Å²) in [5.74, 6) is -0.215. The van der Waals surface area contributed by atoms with E-state index in [4.69, 9.17) is 5.73 Å². The van der Waals surface area contributed by atoms with E-state index in [-0.39, 0.29) is 31.3 Å². The van der Waals surface area contributed by atoms with Gasteiger partial charge in [-0.05, 0) is 56.2 Å². The lowest BCUT2D eigenvalue weighted by Crippen LogP contribution is -2.36. The van der Waals surface area contributed by atoms with Crippen LogP contribution < -0.4 is 19.9 Å². The van der Waals surface area contributed by atoms with E-state index in [0.29, 0.717) is 11.1 Å². The smallest absolute Gasteiger partial charge is 0.387 e. The Hall–Kier alpha value is -2.16. The molecule has 0 aliphatic heterocycles. The van der Waals surface area contributed by atoms with Gasteiger partial charge in [-0.2, -0.15) is 17.6 Å². The van der Waals surface area contributed by atoms with Gasteiger partial charge in [0.05, 0.1) is 15.7 Å². The van der Waals surface area contributed by atoms with Crippen LogP contribution >= 0.6 is 12.4 Å². The number of rotatable bonds is 12. The van der Waals surface area contributed by atoms with Crippen molar-refractivity contribution < 1.29 is 48.8 Å². The maximum atomic E-state index is 12.7. The van der Waals surface area contributed by atoms with Crippen LogP contribution in [0.4, 0.5) is 35.1 Å². The summed E-state index contributed by atoms with van der Waals surface area (Å²) in [6, 6.07) is 9.11. The van der Waals surface area contributed by atoms with E-state index in [0.717, 1.165) is 0 Å². The second kappa shape index (κ2) is 19.1. The fraction of sp³-hybridized carbons (Fsp3) is 0.520. The Labute approximate surface area is 237 Å². The zero-order valence-electron chi connectivity index (χ0n) is 21.1. The van der Waals surface area contributed by atoms with Crippen LogP contribution in [0.15, 0.2) is 48.5 Å². The third-order valence-corrected chi connectivity index (χ3v) is 6.26. The molecule has 0 aliphatic carbocycles. The van der Waals surface area contributed by atoms with Crippen molar-refractivity contribution in [2.24, 2.45) is 5.73 Å². The van der Waals surface area contributed by atoms with Gasteiger partial charge in [-0.25, -0.2) is 26.5 Å². The molecule has 0 fully saturated rings. The molecular weight excluding hydrogens is 596 g/mol. The average molecular weight is 631 g/mol. The van der Waals surface area contributed by atoms with Crippen LogP contribution in [0.2, 0.25) is 0 Å². The molecule has 0 saturated heterocycles. The predicted molar refractivity (Wildman–Crippen MR) is 142 cm³/mol. The Kier molecular flexibility index (Phi) is 19.0. The molecule has 40 heavy (non-hydrogen) atoms. The van der Waals surface area contributed by atoms with Crippen molar-refractivity contribution in [2.45, 2.75) is 83.9 Å². The lowest BCUT2D eigenvalue weighted by Gasteiger charge is -2.24. The van der Waals surface area contributed by atoms with E-state index < -0.39 is 66.7 Å². The molecule has 0 saturated carbocycles. The maximum Gasteiger partial charge on any atom is 0.387 e. The fourth-order valence-corrected chi connectivity index (χ4v) is 3.74. The monoisotopic (exact) mass is 630 g/mol. The van der Waals surface area contributed by atoms with Crippen molar-refractivity contribution in [1.29, 1.82) is 0 Å². The highest BCUT2D eigenvalue weighted by Crippen LogP contribution is 2.27. The summed E-state index contributed by atoms with van der Waals surface area (Å²) < 4.78 is 120. The van der Waals surface area contributed by atoms with Crippen LogP contribution in [-0.2, 0) is 11.0 Å². The van der Waals surface area contributed by atoms with Crippen molar-refractivity contribution in [2.75, 3.05) is 0 Å². The Balaban J connectivity index is 0. The van der Waals surface area contributed by atoms with E-state index in [1.807, 2.05) is 0 Å². The number of nitrogens with two attached hydrogens (primary N) is 1. The molecule has 0 spiro atoms. The molecule has 3 N–H and O–H groups in total. The first kappa shape index (κ1) is 40.0. The van der Waals surface area contributed by atoms with Gasteiger partial charge in [-0.3, -0.25) is 0 Å². The molecule has 1 unspecified atom stereocenters. The predicted octanol–water partition coefficient (Wildman–Crippen LogP) is 8.04. The number of ether oxygens (including phenoxy) is 2. The average Bonchev–Trinajstić information content (AvgIpc) is 2.77. The zero-order valence-corrected chi connectivity index (χ0v) is 22.8. The molecule has 0 radical (unpaired) electrons. The second-order valence-corrected chi connectivity index (χ2v) is 10.8. The lowest BCUT2D eigenvalue weighted by atomic mass is 10.0. The second-order valence-electron chi connectivity index (χ2n) is 8.81. The van der Waals surface area contributed by atoms with Crippen molar-refractivity contribution >= 4 is 23.4 Å². The summed E-state index contributed by atoms with van der Waals surface area (Å²) in [6.07, 6.45) is -6.26. The standard InChI is InChI=1S/C14H19F4NO2S.C10H11F4NO.CH4.ClH/c1-14(2,3)22(20)19-11(8-12(15)16)9-5-4-6-10(7-9)21-13(17)18;11-9(12)5-8(15)6-2-1-3-7(4-6)16-10(13)14;;/h4-7,11-13,19H,8H2,1-3H3;1-4,8-10H,5,15H2;1H4;1H/t11-,22?;8-;;/m00../s1. The Morgan fingerprint density at radius 3 is 1.62 bits per heavy atom. The van der Waals surface area contributed by atoms with Gasteiger partial charge in [0, 0.05) is 24.9 Å². The van der Waals surface area contributed by atoms with E-state index in [9.17, 15) is 39.3 Å². The highest BCUT2D eigenvalue weighted by atomic mass is 35.5. The Morgan fingerprint density at radius 2 is 1.23 bits per heavy atom. The van der Waals surface area contributed by atoms with Gasteiger partial charge in [-0.1, -0.05) is 31.7 Å². The van der Waals surface area contributed by atoms with Gasteiger partial charge in [0.2, 0.25) is 12.9 Å². The number of nitrogens with one attached hydrogen (secondary N) is 1. The largest absolute Gasteiger partial charge is 0.435 e. The van der Waals surface area contributed by atoms with Gasteiger partial charge in [0.25, 0.3) is 0 Å². The molecule has 15 heteroatoms. The summed E-state index contributed by atoms with van der Waals surface area (Å²) in [6.45, 7) is -0.842. The normalized spacial score (nSPS) is 13.6. The van der Waals surface area contributed by atoms with Gasteiger partial charge >= 0.3 is 13.2 Å². The molecule has 0 amide bonds. The first-order valence-corrected chi connectivity index (χ1v) is 12.3. The number of benzene rings is 2. The van der Waals surface area contributed by atoms with Crippen molar-refractivity contribution in [3.63, 3.8) is 0 Å². The summed E-state index contributed by atoms with van der Waals surface area (Å²) in [7, 11) is -1.57. The summed E-state index contributed by atoms with van der Waals surface area (Å²) >= 11 is 0. The SMILES string of the molecule is C.CC(C)(C)S(=O)N[C@@H](CC(F)F)c1cccc(OC(F)F)c1.Cl.N[C@@H](CC(F)F)c1cccc(OC(F)F)c1. The van der Waals surface area contributed by atoms with Crippen LogP contribution in [0, 0.1) is 0 Å². The minimum absolute atomic E-state index is 0. The zero-order chi connectivity index (χ0) is 29.0. The third kappa shape index (κ3) is 16.2. The summed E-state index contributed by atoms with van der Waals surface area (Å²) in [4.78, 5) is 0. The van der Waals surface area contributed by atoms with Crippen LogP contribution in [-0.4, -0.2) is 35.0 Å². The third-order valence-electron chi connectivity index (χ3n) is 4.65. The summed E-state index contributed by atoms with van der Waals surface area (Å²) in [5, 5.41) is 0. The molecule has 0 bridgehead atoms. The van der Waals surface area contributed by atoms with E-state index in [1.54, 1.807) is 20.8 Å². The van der Waals surface area contributed by atoms with Gasteiger partial charge < -0.3 is 15.2 Å². The summed E-state index contributed by atoms with van der Waals surface area (Å²) in [5.41, 5.74) is 6.13. The van der Waals surface area contributed by atoms with E-state index in [1.165, 1.54) is 48.5 Å². The van der Waals surface area contributed by atoms with Crippen molar-refractivity contribution in [1.82, 2.24) is 4.72 Å². The molecule has 232 valence electrons. The minimum atomic E-state index is -3.00. The highest BCUT2D eigenvalue weighted by Gasteiger charge is 2.26. The van der Waals surface area contributed by atoms with Gasteiger partial charge in [0.1, 0.15) is 11.5 Å². The number of alkyl halides is 8. The molecule has 2 aromatic carbocycles. The van der Waals surface area contributed by atoms with Gasteiger partial charge in [0.15, 0.2) is 0 Å². The van der Waals surface area contributed by atoms with Crippen molar-refractivity contribution in [3.8, 4) is 11.5 Å². The highest BCUT2D eigenvalue weighted by molar-refractivity contribution is 7.84. The van der Waals surface area contributed by atoms with Crippen LogP contribution in [0.1, 0.15) is 64.3 Å². The maximum absolute atomic E-state index is 12.7. The van der Waals surface area contributed by atoms with E-state index in [2.05, 4.69) is 14.2 Å². The molecule has 0 aliphatic rings. The van der Waals surface area contributed by atoms with E-state index >= 15 is 0 Å². The fourth-order valence-electron chi connectivity index (χ4n) is 2.89. The van der Waals surface area contributed by atoms with Crippen LogP contribution in [0.5, 0.6) is 11.5 Å². The number of halogens is 9. The van der Waals surface area contributed by atoms with Gasteiger partial charge in [-0.15, -0.1) is 12.4 Å². The molecule has 2 rings (SSSR count). The molecule has 0 aromatic heterocycles. The molecule has 3 atom stereocenters. The Morgan fingerprint density at radius 1 is 0.800 bits per heavy atom. The molecule has 5 nitrogen and oxygen atoms in total. The topological polar surface area (TPSA) is 73.6 Å². The minimum Gasteiger partial charge on any atom is -0.435 e. The lowest BCUT2D eigenvalue weighted by molar-refractivity contribution is -0.0506. The van der Waals surface area contributed by atoms with Crippen molar-refractivity contribution in [3.05, 3.63) is 59.7 Å².